The van der Waals surface area contributed by atoms with Crippen molar-refractivity contribution in [1.82, 2.24) is 4.90 Å². The van der Waals surface area contributed by atoms with E-state index in [1.807, 2.05) is 23.6 Å². The van der Waals surface area contributed by atoms with Gasteiger partial charge in [0.2, 0.25) is 12.7 Å². The molecule has 1 aromatic heterocycles. The predicted molar refractivity (Wildman–Crippen MR) is 132 cm³/mol. The maximum absolute atomic E-state index is 13.2. The number of rotatable bonds is 7. The van der Waals surface area contributed by atoms with Crippen LogP contribution < -0.4 is 24.3 Å². The van der Waals surface area contributed by atoms with E-state index in [1.165, 1.54) is 12.5 Å². The Labute approximate surface area is 207 Å². The molecule has 5 rings (SSSR count). The van der Waals surface area contributed by atoms with E-state index in [2.05, 4.69) is 16.3 Å². The molecule has 8 nitrogen and oxygen atoms in total. The van der Waals surface area contributed by atoms with Gasteiger partial charge in [0, 0.05) is 23.1 Å². The van der Waals surface area contributed by atoms with E-state index < -0.39 is 0 Å². The highest BCUT2D eigenvalue weighted by Gasteiger charge is 2.32. The number of ketones is 1. The second kappa shape index (κ2) is 9.59. The third kappa shape index (κ3) is 4.44. The third-order valence-electron chi connectivity index (χ3n) is 6.30. The summed E-state index contributed by atoms with van der Waals surface area (Å²) in [6, 6.07) is 11.3. The van der Waals surface area contributed by atoms with Crippen molar-refractivity contribution in [2.24, 2.45) is 0 Å². The monoisotopic (exact) mass is 494 g/mol. The van der Waals surface area contributed by atoms with Crippen molar-refractivity contribution in [1.29, 1.82) is 0 Å². The number of hydrogen-bond donors (Lipinski definition) is 1. The fraction of sp³-hybridized carbons (Fsp3) is 0.308. The van der Waals surface area contributed by atoms with E-state index in [1.54, 1.807) is 37.7 Å². The van der Waals surface area contributed by atoms with Gasteiger partial charge in [0.15, 0.2) is 28.8 Å². The van der Waals surface area contributed by atoms with Gasteiger partial charge in [-0.05, 0) is 54.1 Å². The first-order valence-corrected chi connectivity index (χ1v) is 12.1. The molecule has 3 aromatic rings. The minimum atomic E-state index is -0.211. The molecule has 1 N–H and O–H groups in total. The van der Waals surface area contributed by atoms with Crippen LogP contribution in [0.4, 0.5) is 5.69 Å². The highest BCUT2D eigenvalue weighted by Crippen LogP contribution is 2.42. The molecule has 1 atom stereocenters. The molecular formula is C26H26N2O6S. The molecule has 2 aliphatic heterocycles. The van der Waals surface area contributed by atoms with Gasteiger partial charge in [-0.25, -0.2) is 0 Å². The van der Waals surface area contributed by atoms with Gasteiger partial charge in [-0.1, -0.05) is 6.07 Å². The lowest BCUT2D eigenvalue weighted by Crippen LogP contribution is -2.41. The first-order valence-electron chi connectivity index (χ1n) is 11.2. The minimum Gasteiger partial charge on any atom is -0.493 e. The van der Waals surface area contributed by atoms with E-state index >= 15 is 0 Å². The van der Waals surface area contributed by atoms with Crippen molar-refractivity contribution in [2.75, 3.05) is 39.4 Å². The van der Waals surface area contributed by atoms with Crippen LogP contribution in [0.1, 0.15) is 39.3 Å². The highest BCUT2D eigenvalue weighted by atomic mass is 32.1. The lowest BCUT2D eigenvalue weighted by Gasteiger charge is -2.37. The van der Waals surface area contributed by atoms with Crippen LogP contribution in [0.3, 0.4) is 0 Å². The van der Waals surface area contributed by atoms with Crippen LogP contribution in [0, 0.1) is 0 Å². The van der Waals surface area contributed by atoms with Crippen LogP contribution in [-0.4, -0.2) is 50.7 Å². The number of Topliss-reactive ketones (excluding diaryl/α,β-unsaturated/α-hetero) is 1. The first kappa shape index (κ1) is 23.2. The van der Waals surface area contributed by atoms with Crippen LogP contribution in [-0.2, 0) is 11.2 Å². The zero-order valence-corrected chi connectivity index (χ0v) is 20.6. The number of carbonyl (C=O) groups is 2. The largest absolute Gasteiger partial charge is 0.493 e. The summed E-state index contributed by atoms with van der Waals surface area (Å²) in [5.74, 6) is 1.99. The normalized spacial score (nSPS) is 16.5. The number of nitrogens with one attached hydrogen (secondary N) is 1. The molecule has 1 unspecified atom stereocenters. The minimum absolute atomic E-state index is 0.0913. The summed E-state index contributed by atoms with van der Waals surface area (Å²) < 4.78 is 21.9. The Bertz CT molecular complexity index is 1270. The number of ether oxygens (including phenoxy) is 4. The molecule has 0 aliphatic carbocycles. The number of nitrogens with zero attached hydrogens (tertiary/aromatic N) is 1. The predicted octanol–water partition coefficient (Wildman–Crippen LogP) is 4.28. The summed E-state index contributed by atoms with van der Waals surface area (Å²) in [7, 11) is 3.25. The maximum atomic E-state index is 13.2. The average Bonchev–Trinajstić information content (AvgIpc) is 3.54. The Hall–Kier alpha value is -3.56. The van der Waals surface area contributed by atoms with Crippen LogP contribution in [0.25, 0.3) is 0 Å². The van der Waals surface area contributed by atoms with Crippen molar-refractivity contribution in [3.05, 3.63) is 63.3 Å². The summed E-state index contributed by atoms with van der Waals surface area (Å²) in [6.45, 7) is 2.40. The van der Waals surface area contributed by atoms with Gasteiger partial charge >= 0.3 is 0 Å². The van der Waals surface area contributed by atoms with Gasteiger partial charge in [0.25, 0.3) is 0 Å². The summed E-state index contributed by atoms with van der Waals surface area (Å²) in [4.78, 5) is 28.7. The van der Waals surface area contributed by atoms with Gasteiger partial charge in [0.05, 0.1) is 32.5 Å². The van der Waals surface area contributed by atoms with E-state index in [0.717, 1.165) is 16.9 Å². The van der Waals surface area contributed by atoms with Crippen molar-refractivity contribution < 1.29 is 28.5 Å². The third-order valence-corrected chi connectivity index (χ3v) is 7.22. The Kier molecular flexibility index (Phi) is 6.36. The van der Waals surface area contributed by atoms with Gasteiger partial charge in [-0.15, -0.1) is 11.3 Å². The molecule has 2 aliphatic rings. The molecule has 0 fully saturated rings. The van der Waals surface area contributed by atoms with Crippen LogP contribution in [0.5, 0.6) is 23.0 Å². The Morgan fingerprint density at radius 3 is 2.54 bits per heavy atom. The van der Waals surface area contributed by atoms with E-state index in [4.69, 9.17) is 18.9 Å². The highest BCUT2D eigenvalue weighted by molar-refractivity contribution is 7.10. The van der Waals surface area contributed by atoms with Gasteiger partial charge in [-0.3, -0.25) is 14.5 Å². The van der Waals surface area contributed by atoms with Crippen molar-refractivity contribution in [3.8, 4) is 23.0 Å². The molecule has 0 spiro atoms. The molecular weight excluding hydrogens is 468 g/mol. The summed E-state index contributed by atoms with van der Waals surface area (Å²) in [5.41, 5.74) is 3.07. The fourth-order valence-corrected chi connectivity index (χ4v) is 5.54. The summed E-state index contributed by atoms with van der Waals surface area (Å²) in [5, 5.41) is 4.96. The number of thiophene rings is 1. The van der Waals surface area contributed by atoms with Crippen molar-refractivity contribution in [2.45, 2.75) is 19.4 Å². The van der Waals surface area contributed by atoms with Gasteiger partial charge < -0.3 is 24.3 Å². The molecule has 182 valence electrons. The molecule has 35 heavy (non-hydrogen) atoms. The van der Waals surface area contributed by atoms with Crippen molar-refractivity contribution >= 4 is 28.7 Å². The number of anilines is 1. The van der Waals surface area contributed by atoms with E-state index in [0.29, 0.717) is 40.8 Å². The number of amides is 1. The number of carbonyl (C=O) groups excluding carboxylic acids is 2. The van der Waals surface area contributed by atoms with Gasteiger partial charge in [0.1, 0.15) is 0 Å². The van der Waals surface area contributed by atoms with Gasteiger partial charge in [-0.2, -0.15) is 0 Å². The molecule has 3 heterocycles. The number of benzene rings is 2. The quantitative estimate of drug-likeness (QED) is 0.491. The Balaban J connectivity index is 1.43. The lowest BCUT2D eigenvalue weighted by molar-refractivity contribution is -0.117. The van der Waals surface area contributed by atoms with Crippen LogP contribution in [0.2, 0.25) is 0 Å². The summed E-state index contributed by atoms with van der Waals surface area (Å²) >= 11 is 1.65. The number of methoxy groups -OCH3 is 2. The first-order chi connectivity index (χ1) is 17.0. The fourth-order valence-electron chi connectivity index (χ4n) is 4.66. The smallest absolute Gasteiger partial charge is 0.238 e. The molecule has 0 saturated heterocycles. The second-order valence-electron chi connectivity index (χ2n) is 8.40. The maximum Gasteiger partial charge on any atom is 0.238 e. The van der Waals surface area contributed by atoms with Crippen LogP contribution >= 0.6 is 11.3 Å². The topological polar surface area (TPSA) is 86.3 Å². The second-order valence-corrected chi connectivity index (χ2v) is 9.38. The standard InChI is InChI=1S/C26H26N2O6S/c1-15(29)17-10-22-23(34-14-33-22)12-19(17)27-25(30)13-28-7-6-16-9-20(31-2)21(32-3)11-18(16)26(28)24-5-4-8-35-24/h4-5,8-12,26H,6-7,13-14H2,1-3H3,(H,27,30). The number of fused-ring (bicyclic) bond motifs is 2. The molecule has 0 bridgehead atoms. The molecule has 0 radical (unpaired) electrons. The zero-order chi connectivity index (χ0) is 24.5. The Morgan fingerprint density at radius 2 is 1.86 bits per heavy atom. The number of hydrogen-bond acceptors (Lipinski definition) is 8. The zero-order valence-electron chi connectivity index (χ0n) is 19.8. The molecule has 1 amide bonds. The van der Waals surface area contributed by atoms with E-state index in [-0.39, 0.29) is 31.1 Å². The van der Waals surface area contributed by atoms with E-state index in [9.17, 15) is 9.59 Å². The molecule has 0 saturated carbocycles. The molecule has 2 aromatic carbocycles. The van der Waals surface area contributed by atoms with Crippen molar-refractivity contribution in [3.63, 3.8) is 0 Å². The lowest BCUT2D eigenvalue weighted by atomic mass is 9.91. The SMILES string of the molecule is COc1cc2c(cc1OC)C(c1cccs1)N(CC(=O)Nc1cc3c(cc1C(C)=O)OCO3)CC2. The average molecular weight is 495 g/mol. The summed E-state index contributed by atoms with van der Waals surface area (Å²) in [6.07, 6.45) is 0.771. The van der Waals surface area contributed by atoms with Crippen LogP contribution in [0.15, 0.2) is 41.8 Å². The Morgan fingerprint density at radius 1 is 1.11 bits per heavy atom. The molecule has 9 heteroatoms.